The lowest BCUT2D eigenvalue weighted by Gasteiger charge is -2.30. The normalized spacial score (nSPS) is 18.7. The van der Waals surface area contributed by atoms with Crippen LogP contribution < -0.4 is 5.73 Å². The first-order chi connectivity index (χ1) is 9.98. The molecule has 0 amide bonds. The summed E-state index contributed by atoms with van der Waals surface area (Å²) in [5, 5.41) is 0. The van der Waals surface area contributed by atoms with Crippen molar-refractivity contribution in [2.24, 2.45) is 11.7 Å². The monoisotopic (exact) mass is 346 g/mol. The molecule has 0 bridgehead atoms. The highest BCUT2D eigenvalue weighted by Gasteiger charge is 2.28. The van der Waals surface area contributed by atoms with Crippen LogP contribution in [0.3, 0.4) is 0 Å². The highest BCUT2D eigenvalue weighted by atomic mass is 35.5. The molecule has 1 atom stereocenters. The Bertz CT molecular complexity index is 552. The van der Waals surface area contributed by atoms with E-state index < -0.39 is 10.0 Å². The molecule has 2 N–H and O–H groups in total. The third-order valence-electron chi connectivity index (χ3n) is 4.61. The molecular formula is C16H27ClN2O2S. The molecule has 6 heteroatoms. The topological polar surface area (TPSA) is 63.4 Å². The van der Waals surface area contributed by atoms with Crippen LogP contribution in [0.2, 0.25) is 0 Å². The summed E-state index contributed by atoms with van der Waals surface area (Å²) >= 11 is 0. The number of nitrogens with zero attached hydrogens (tertiary/aromatic N) is 1. The van der Waals surface area contributed by atoms with E-state index in [1.807, 2.05) is 12.1 Å². The van der Waals surface area contributed by atoms with Crippen LogP contribution in [-0.2, 0) is 10.0 Å². The van der Waals surface area contributed by atoms with Gasteiger partial charge in [0, 0.05) is 13.1 Å². The van der Waals surface area contributed by atoms with Gasteiger partial charge in [0.25, 0.3) is 0 Å². The van der Waals surface area contributed by atoms with Crippen molar-refractivity contribution in [3.8, 4) is 0 Å². The summed E-state index contributed by atoms with van der Waals surface area (Å²) in [7, 11) is -3.35. The third-order valence-corrected chi connectivity index (χ3v) is 6.52. The highest BCUT2D eigenvalue weighted by Crippen LogP contribution is 2.25. The van der Waals surface area contributed by atoms with E-state index in [4.69, 9.17) is 5.73 Å². The van der Waals surface area contributed by atoms with Crippen molar-refractivity contribution in [1.29, 1.82) is 0 Å². The van der Waals surface area contributed by atoms with Crippen molar-refractivity contribution < 1.29 is 8.42 Å². The van der Waals surface area contributed by atoms with E-state index in [9.17, 15) is 8.42 Å². The van der Waals surface area contributed by atoms with Gasteiger partial charge in [0.1, 0.15) is 0 Å². The zero-order valence-corrected chi connectivity index (χ0v) is 15.0. The first-order valence-electron chi connectivity index (χ1n) is 7.79. The molecule has 1 fully saturated rings. The minimum atomic E-state index is -3.35. The average molecular weight is 347 g/mol. The molecule has 4 nitrogen and oxygen atoms in total. The van der Waals surface area contributed by atoms with Gasteiger partial charge in [0.2, 0.25) is 10.0 Å². The van der Waals surface area contributed by atoms with Crippen molar-refractivity contribution >= 4 is 22.4 Å². The second-order valence-electron chi connectivity index (χ2n) is 5.96. The summed E-state index contributed by atoms with van der Waals surface area (Å²) in [6, 6.07) is 7.36. The van der Waals surface area contributed by atoms with E-state index in [1.165, 1.54) is 5.56 Å². The van der Waals surface area contributed by atoms with Gasteiger partial charge in [-0.15, -0.1) is 12.4 Å². The zero-order valence-electron chi connectivity index (χ0n) is 13.4. The molecule has 126 valence electrons. The quantitative estimate of drug-likeness (QED) is 0.891. The standard InChI is InChI=1S/C16H26N2O2S.ClH/c1-3-13(2)15-4-6-16(7-5-15)21(19,20)18-10-8-14(12-17)9-11-18;/h4-7,13-14H,3,8-12,17H2,1-2H3;1H. The second kappa shape index (κ2) is 8.29. The Kier molecular flexibility index (Phi) is 7.32. The predicted molar refractivity (Wildman–Crippen MR) is 92.9 cm³/mol. The fraction of sp³-hybridized carbons (Fsp3) is 0.625. The Morgan fingerprint density at radius 3 is 2.23 bits per heavy atom. The van der Waals surface area contributed by atoms with Crippen molar-refractivity contribution in [2.75, 3.05) is 19.6 Å². The largest absolute Gasteiger partial charge is 0.330 e. The lowest BCUT2D eigenvalue weighted by Crippen LogP contribution is -2.40. The van der Waals surface area contributed by atoms with Crippen LogP contribution in [-0.4, -0.2) is 32.4 Å². The molecule has 1 unspecified atom stereocenters. The van der Waals surface area contributed by atoms with E-state index in [0.717, 1.165) is 19.3 Å². The van der Waals surface area contributed by atoms with E-state index >= 15 is 0 Å². The van der Waals surface area contributed by atoms with Crippen LogP contribution in [0.15, 0.2) is 29.2 Å². The molecule has 1 heterocycles. The molecule has 2 rings (SSSR count). The second-order valence-corrected chi connectivity index (χ2v) is 7.90. The lowest BCUT2D eigenvalue weighted by molar-refractivity contribution is 0.278. The fourth-order valence-corrected chi connectivity index (χ4v) is 4.21. The minimum absolute atomic E-state index is 0. The van der Waals surface area contributed by atoms with Gasteiger partial charge in [0.15, 0.2) is 0 Å². The Labute approximate surface area is 140 Å². The molecular weight excluding hydrogens is 320 g/mol. The summed E-state index contributed by atoms with van der Waals surface area (Å²) < 4.78 is 26.8. The Balaban J connectivity index is 0.00000242. The third kappa shape index (κ3) is 4.22. The summed E-state index contributed by atoms with van der Waals surface area (Å²) in [5.41, 5.74) is 6.85. The summed E-state index contributed by atoms with van der Waals surface area (Å²) in [5.74, 6) is 0.922. The van der Waals surface area contributed by atoms with Crippen molar-refractivity contribution in [3.05, 3.63) is 29.8 Å². The molecule has 1 saturated heterocycles. The summed E-state index contributed by atoms with van der Waals surface area (Å²) in [6.07, 6.45) is 2.78. The minimum Gasteiger partial charge on any atom is -0.330 e. The SMILES string of the molecule is CCC(C)c1ccc(S(=O)(=O)N2CCC(CN)CC2)cc1.Cl. The number of rotatable bonds is 5. The number of hydrogen-bond acceptors (Lipinski definition) is 3. The smallest absolute Gasteiger partial charge is 0.243 e. The molecule has 0 aliphatic carbocycles. The molecule has 1 aliphatic rings. The molecule has 1 aromatic rings. The molecule has 1 aliphatic heterocycles. The van der Waals surface area contributed by atoms with Crippen molar-refractivity contribution in [2.45, 2.75) is 43.9 Å². The number of halogens is 1. The van der Waals surface area contributed by atoms with Crippen LogP contribution in [0.25, 0.3) is 0 Å². The Morgan fingerprint density at radius 1 is 1.23 bits per heavy atom. The first kappa shape index (κ1) is 19.4. The lowest BCUT2D eigenvalue weighted by atomic mass is 9.99. The van der Waals surface area contributed by atoms with Gasteiger partial charge in [0.05, 0.1) is 4.90 Å². The van der Waals surface area contributed by atoms with Crippen LogP contribution in [0.4, 0.5) is 0 Å². The fourth-order valence-electron chi connectivity index (χ4n) is 2.74. The van der Waals surface area contributed by atoms with Gasteiger partial charge in [-0.1, -0.05) is 26.0 Å². The van der Waals surface area contributed by atoms with E-state index in [-0.39, 0.29) is 12.4 Å². The van der Waals surface area contributed by atoms with Crippen LogP contribution >= 0.6 is 12.4 Å². The van der Waals surface area contributed by atoms with E-state index in [2.05, 4.69) is 13.8 Å². The van der Waals surface area contributed by atoms with Gasteiger partial charge in [-0.25, -0.2) is 8.42 Å². The van der Waals surface area contributed by atoms with Gasteiger partial charge in [-0.3, -0.25) is 0 Å². The maximum atomic E-state index is 12.6. The molecule has 0 saturated carbocycles. The van der Waals surface area contributed by atoms with E-state index in [0.29, 0.717) is 36.4 Å². The summed E-state index contributed by atoms with van der Waals surface area (Å²) in [6.45, 7) is 6.10. The van der Waals surface area contributed by atoms with Gasteiger partial charge < -0.3 is 5.73 Å². The Hall–Kier alpha value is -0.620. The van der Waals surface area contributed by atoms with Crippen LogP contribution in [0.1, 0.15) is 44.6 Å². The average Bonchev–Trinajstić information content (AvgIpc) is 2.54. The van der Waals surface area contributed by atoms with Crippen LogP contribution in [0.5, 0.6) is 0 Å². The number of sulfonamides is 1. The number of benzene rings is 1. The van der Waals surface area contributed by atoms with E-state index in [1.54, 1.807) is 16.4 Å². The van der Waals surface area contributed by atoms with Gasteiger partial charge in [-0.05, 0) is 55.3 Å². The first-order valence-corrected chi connectivity index (χ1v) is 9.23. The number of piperidine rings is 1. The van der Waals surface area contributed by atoms with Crippen molar-refractivity contribution in [1.82, 2.24) is 4.31 Å². The molecule has 22 heavy (non-hydrogen) atoms. The van der Waals surface area contributed by atoms with Gasteiger partial charge in [-0.2, -0.15) is 4.31 Å². The number of hydrogen-bond donors (Lipinski definition) is 1. The molecule has 0 spiro atoms. The van der Waals surface area contributed by atoms with Crippen molar-refractivity contribution in [3.63, 3.8) is 0 Å². The molecule has 0 radical (unpaired) electrons. The highest BCUT2D eigenvalue weighted by molar-refractivity contribution is 7.89. The molecule has 1 aromatic carbocycles. The maximum Gasteiger partial charge on any atom is 0.243 e. The summed E-state index contributed by atoms with van der Waals surface area (Å²) in [4.78, 5) is 0.403. The number of nitrogens with two attached hydrogens (primary N) is 1. The molecule has 0 aromatic heterocycles. The Morgan fingerprint density at radius 2 is 1.77 bits per heavy atom. The predicted octanol–water partition coefficient (Wildman–Crippen LogP) is 2.98. The maximum absolute atomic E-state index is 12.6. The zero-order chi connectivity index (χ0) is 15.5. The van der Waals surface area contributed by atoms with Gasteiger partial charge >= 0.3 is 0 Å². The van der Waals surface area contributed by atoms with Crippen LogP contribution in [0, 0.1) is 5.92 Å².